The highest BCUT2D eigenvalue weighted by atomic mass is 35.5. The number of nitrogens with zero attached hydrogens (tertiary/aromatic N) is 2. The lowest BCUT2D eigenvalue weighted by atomic mass is 10.1. The Bertz CT molecular complexity index is 1400. The molecule has 0 atom stereocenters. The van der Waals surface area contributed by atoms with Crippen LogP contribution in [0.1, 0.15) is 17.0 Å². The lowest BCUT2D eigenvalue weighted by Gasteiger charge is -2.14. The van der Waals surface area contributed by atoms with Gasteiger partial charge in [-0.15, -0.1) is 0 Å². The highest BCUT2D eigenvalue weighted by Gasteiger charge is 2.12. The van der Waals surface area contributed by atoms with Crippen molar-refractivity contribution >= 4 is 34.1 Å². The lowest BCUT2D eigenvalue weighted by Crippen LogP contribution is -2.22. The fraction of sp³-hybridized carbons (Fsp3) is 0.160. The van der Waals surface area contributed by atoms with Crippen molar-refractivity contribution in [1.29, 1.82) is 0 Å². The van der Waals surface area contributed by atoms with E-state index in [4.69, 9.17) is 16.3 Å². The number of aryl methyl sites for hydroxylation is 2. The maximum atomic E-state index is 13.0. The summed E-state index contributed by atoms with van der Waals surface area (Å²) < 4.78 is 6.73. The molecule has 0 unspecified atom stereocenters. The molecule has 0 bridgehead atoms. The van der Waals surface area contributed by atoms with Crippen LogP contribution in [0.2, 0.25) is 5.02 Å². The number of amides is 1. The number of rotatable bonds is 5. The summed E-state index contributed by atoms with van der Waals surface area (Å²) in [5.41, 5.74) is 3.54. The Balaban J connectivity index is 1.58. The molecule has 0 spiro atoms. The molecule has 7 heteroatoms. The number of aromatic nitrogens is 2. The molecule has 1 N–H and O–H groups in total. The highest BCUT2D eigenvalue weighted by molar-refractivity contribution is 6.32. The number of nitrogens with one attached hydrogen (secondary N) is 1. The first-order chi connectivity index (χ1) is 15.4. The molecule has 32 heavy (non-hydrogen) atoms. The average Bonchev–Trinajstić information content (AvgIpc) is 2.76. The van der Waals surface area contributed by atoms with E-state index in [2.05, 4.69) is 10.3 Å². The van der Waals surface area contributed by atoms with E-state index in [9.17, 15) is 9.59 Å². The van der Waals surface area contributed by atoms with E-state index >= 15 is 0 Å². The normalized spacial score (nSPS) is 10.9. The smallest absolute Gasteiger partial charge is 0.265 e. The number of carbonyl (C=O) groups is 1. The van der Waals surface area contributed by atoms with Crippen molar-refractivity contribution in [2.75, 3.05) is 12.4 Å². The Morgan fingerprint density at radius 2 is 1.88 bits per heavy atom. The number of hydrogen-bond acceptors (Lipinski definition) is 4. The second-order valence-electron chi connectivity index (χ2n) is 7.51. The van der Waals surface area contributed by atoms with Crippen molar-refractivity contribution in [1.82, 2.24) is 9.55 Å². The molecule has 0 saturated heterocycles. The van der Waals surface area contributed by atoms with Crippen LogP contribution in [0.25, 0.3) is 16.6 Å². The van der Waals surface area contributed by atoms with Crippen molar-refractivity contribution in [2.24, 2.45) is 0 Å². The van der Waals surface area contributed by atoms with Gasteiger partial charge in [0.25, 0.3) is 5.56 Å². The number of hydrogen-bond donors (Lipinski definition) is 1. The number of para-hydroxylation sites is 1. The van der Waals surface area contributed by atoms with Gasteiger partial charge in [0.05, 0.1) is 35.1 Å². The van der Waals surface area contributed by atoms with Crippen molar-refractivity contribution in [3.8, 4) is 11.4 Å². The third kappa shape index (κ3) is 4.22. The molecule has 162 valence electrons. The second kappa shape index (κ2) is 8.85. The van der Waals surface area contributed by atoms with Gasteiger partial charge in [-0.05, 0) is 67.4 Å². The zero-order chi connectivity index (χ0) is 22.8. The topological polar surface area (TPSA) is 73.2 Å². The molecule has 1 aromatic heterocycles. The Labute approximate surface area is 190 Å². The Kier molecular flexibility index (Phi) is 5.97. The quantitative estimate of drug-likeness (QED) is 0.475. The molecular weight excluding hydrogens is 426 g/mol. The molecule has 0 saturated carbocycles. The Morgan fingerprint density at radius 3 is 2.59 bits per heavy atom. The molecule has 0 aliphatic rings. The van der Waals surface area contributed by atoms with Gasteiger partial charge in [-0.3, -0.25) is 14.2 Å². The van der Waals surface area contributed by atoms with E-state index in [-0.39, 0.29) is 17.9 Å². The van der Waals surface area contributed by atoms with E-state index in [0.717, 1.165) is 11.1 Å². The summed E-state index contributed by atoms with van der Waals surface area (Å²) in [7, 11) is 1.55. The SMILES string of the molecule is COc1ccc(CC(=O)Nc2ccc(-n3c(C)nc4ccccc4c3=O)cc2C)cc1Cl. The summed E-state index contributed by atoms with van der Waals surface area (Å²) in [6.45, 7) is 3.69. The summed E-state index contributed by atoms with van der Waals surface area (Å²) in [5, 5.41) is 3.95. The zero-order valence-corrected chi connectivity index (χ0v) is 18.7. The first-order valence-electron chi connectivity index (χ1n) is 10.1. The number of fused-ring (bicyclic) bond motifs is 1. The molecule has 4 aromatic rings. The van der Waals surface area contributed by atoms with Gasteiger partial charge in [-0.1, -0.05) is 29.8 Å². The van der Waals surface area contributed by atoms with Gasteiger partial charge >= 0.3 is 0 Å². The molecule has 0 aliphatic carbocycles. The number of anilines is 1. The Hall–Kier alpha value is -3.64. The number of halogens is 1. The molecule has 0 aliphatic heterocycles. The highest BCUT2D eigenvalue weighted by Crippen LogP contribution is 2.25. The number of carbonyl (C=O) groups excluding carboxylic acids is 1. The van der Waals surface area contributed by atoms with E-state index in [1.807, 2.05) is 37.3 Å². The fourth-order valence-electron chi connectivity index (χ4n) is 3.67. The summed E-state index contributed by atoms with van der Waals surface area (Å²) in [6, 6.07) is 18.0. The molecule has 4 rings (SSSR count). The van der Waals surface area contributed by atoms with Crippen LogP contribution in [-0.2, 0) is 11.2 Å². The minimum Gasteiger partial charge on any atom is -0.495 e. The Morgan fingerprint density at radius 1 is 1.09 bits per heavy atom. The van der Waals surface area contributed by atoms with Gasteiger partial charge in [0.1, 0.15) is 11.6 Å². The van der Waals surface area contributed by atoms with Crippen LogP contribution in [-0.4, -0.2) is 22.6 Å². The molecule has 1 heterocycles. The maximum Gasteiger partial charge on any atom is 0.265 e. The first-order valence-corrected chi connectivity index (χ1v) is 10.5. The number of benzene rings is 3. The van der Waals surface area contributed by atoms with E-state index < -0.39 is 0 Å². The number of ether oxygens (including phenoxy) is 1. The van der Waals surface area contributed by atoms with Crippen LogP contribution in [0.3, 0.4) is 0 Å². The average molecular weight is 448 g/mol. The molecule has 3 aromatic carbocycles. The molecule has 0 radical (unpaired) electrons. The third-order valence-corrected chi connectivity index (χ3v) is 5.56. The third-order valence-electron chi connectivity index (χ3n) is 5.27. The monoisotopic (exact) mass is 447 g/mol. The van der Waals surface area contributed by atoms with Gasteiger partial charge < -0.3 is 10.1 Å². The number of methoxy groups -OCH3 is 1. The van der Waals surface area contributed by atoms with Crippen LogP contribution >= 0.6 is 11.6 Å². The summed E-state index contributed by atoms with van der Waals surface area (Å²) >= 11 is 6.15. The van der Waals surface area contributed by atoms with Crippen LogP contribution in [0.4, 0.5) is 5.69 Å². The van der Waals surface area contributed by atoms with Crippen molar-refractivity contribution in [3.05, 3.63) is 93.0 Å². The summed E-state index contributed by atoms with van der Waals surface area (Å²) in [6.07, 6.45) is 0.179. The molecular formula is C25H22ClN3O3. The molecule has 6 nitrogen and oxygen atoms in total. The lowest BCUT2D eigenvalue weighted by molar-refractivity contribution is -0.115. The van der Waals surface area contributed by atoms with Gasteiger partial charge in [0.2, 0.25) is 5.91 Å². The van der Waals surface area contributed by atoms with Gasteiger partial charge in [-0.25, -0.2) is 4.98 Å². The predicted molar refractivity (Wildman–Crippen MR) is 127 cm³/mol. The largest absolute Gasteiger partial charge is 0.495 e. The van der Waals surface area contributed by atoms with Crippen LogP contribution in [0, 0.1) is 13.8 Å². The minimum absolute atomic E-state index is 0.124. The first kappa shape index (κ1) is 21.6. The molecule has 1 amide bonds. The van der Waals surface area contributed by atoms with Crippen molar-refractivity contribution in [2.45, 2.75) is 20.3 Å². The fourth-order valence-corrected chi connectivity index (χ4v) is 3.95. The maximum absolute atomic E-state index is 13.0. The predicted octanol–water partition coefficient (Wildman–Crippen LogP) is 4.85. The van der Waals surface area contributed by atoms with E-state index in [1.54, 1.807) is 48.9 Å². The van der Waals surface area contributed by atoms with Gasteiger partial charge in [0, 0.05) is 5.69 Å². The van der Waals surface area contributed by atoms with Crippen molar-refractivity contribution in [3.63, 3.8) is 0 Å². The van der Waals surface area contributed by atoms with Crippen LogP contribution < -0.4 is 15.6 Å². The van der Waals surface area contributed by atoms with E-state index in [1.165, 1.54) is 0 Å². The second-order valence-corrected chi connectivity index (χ2v) is 7.92. The van der Waals surface area contributed by atoms with Crippen molar-refractivity contribution < 1.29 is 9.53 Å². The standard InChI is InChI=1S/C25H22ClN3O3/c1-15-12-18(29-16(2)27-22-7-5-4-6-19(22)25(29)31)9-10-21(15)28-24(30)14-17-8-11-23(32-3)20(26)13-17/h4-13H,14H2,1-3H3,(H,28,30). The van der Waals surface area contributed by atoms with Crippen LogP contribution in [0.15, 0.2) is 65.5 Å². The van der Waals surface area contributed by atoms with Crippen LogP contribution in [0.5, 0.6) is 5.75 Å². The van der Waals surface area contributed by atoms with Gasteiger partial charge in [0.15, 0.2) is 0 Å². The molecule has 0 fully saturated rings. The summed E-state index contributed by atoms with van der Waals surface area (Å²) in [5.74, 6) is 1.00. The summed E-state index contributed by atoms with van der Waals surface area (Å²) in [4.78, 5) is 30.1. The minimum atomic E-state index is -0.164. The zero-order valence-electron chi connectivity index (χ0n) is 18.0. The van der Waals surface area contributed by atoms with E-state index in [0.29, 0.717) is 38.9 Å². The van der Waals surface area contributed by atoms with Gasteiger partial charge in [-0.2, -0.15) is 0 Å².